The molecule has 2 N–H and O–H groups in total. The van der Waals surface area contributed by atoms with Crippen molar-refractivity contribution in [1.29, 1.82) is 0 Å². The van der Waals surface area contributed by atoms with Crippen molar-refractivity contribution in [2.24, 2.45) is 5.92 Å². The summed E-state index contributed by atoms with van der Waals surface area (Å²) in [5.41, 5.74) is 0.114. The van der Waals surface area contributed by atoms with Crippen molar-refractivity contribution in [3.05, 3.63) is 0 Å². The lowest BCUT2D eigenvalue weighted by molar-refractivity contribution is -0.127. The first-order valence-electron chi connectivity index (χ1n) is 5.60. The first-order chi connectivity index (χ1) is 6.54. The van der Waals surface area contributed by atoms with Crippen LogP contribution in [0.2, 0.25) is 0 Å². The maximum absolute atomic E-state index is 11.6. The Balaban J connectivity index is 2.74. The quantitative estimate of drug-likeness (QED) is 0.717. The van der Waals surface area contributed by atoms with Gasteiger partial charge in [-0.05, 0) is 18.8 Å². The van der Waals surface area contributed by atoms with E-state index in [2.05, 4.69) is 38.3 Å². The Morgan fingerprint density at radius 2 is 2.00 bits per heavy atom. The molecular weight excluding hydrogens is 176 g/mol. The SMILES string of the molecule is CCC1(CC)CNC(=O)[C@H](C(C)C)N1. The molecule has 3 heteroatoms. The lowest BCUT2D eigenvalue weighted by Gasteiger charge is -2.42. The summed E-state index contributed by atoms with van der Waals surface area (Å²) in [4.78, 5) is 11.6. The highest BCUT2D eigenvalue weighted by molar-refractivity contribution is 5.83. The maximum Gasteiger partial charge on any atom is 0.237 e. The van der Waals surface area contributed by atoms with E-state index in [1.54, 1.807) is 0 Å². The van der Waals surface area contributed by atoms with Gasteiger partial charge in [-0.25, -0.2) is 0 Å². The zero-order valence-corrected chi connectivity index (χ0v) is 9.68. The van der Waals surface area contributed by atoms with E-state index < -0.39 is 0 Å². The molecule has 14 heavy (non-hydrogen) atoms. The van der Waals surface area contributed by atoms with Crippen LogP contribution in [-0.2, 0) is 4.79 Å². The number of nitrogens with one attached hydrogen (secondary N) is 2. The Kier molecular flexibility index (Phi) is 3.53. The molecule has 0 radical (unpaired) electrons. The van der Waals surface area contributed by atoms with E-state index in [4.69, 9.17) is 0 Å². The summed E-state index contributed by atoms with van der Waals surface area (Å²) >= 11 is 0. The van der Waals surface area contributed by atoms with Crippen LogP contribution in [0.25, 0.3) is 0 Å². The van der Waals surface area contributed by atoms with Crippen LogP contribution in [0.1, 0.15) is 40.5 Å². The molecule has 1 rings (SSSR count). The molecule has 0 spiro atoms. The van der Waals surface area contributed by atoms with Gasteiger partial charge in [0.05, 0.1) is 6.04 Å². The van der Waals surface area contributed by atoms with Crippen molar-refractivity contribution >= 4 is 5.91 Å². The second-order valence-electron chi connectivity index (χ2n) is 4.57. The number of piperazine rings is 1. The third kappa shape index (κ3) is 2.08. The molecule has 1 heterocycles. The van der Waals surface area contributed by atoms with Gasteiger partial charge < -0.3 is 5.32 Å². The number of hydrogen-bond donors (Lipinski definition) is 2. The Bertz CT molecular complexity index is 209. The third-order valence-corrected chi connectivity index (χ3v) is 3.37. The van der Waals surface area contributed by atoms with Crippen molar-refractivity contribution in [3.8, 4) is 0 Å². The highest BCUT2D eigenvalue weighted by Gasteiger charge is 2.37. The molecule has 0 aromatic heterocycles. The van der Waals surface area contributed by atoms with Crippen LogP contribution in [0, 0.1) is 5.92 Å². The molecule has 1 amide bonds. The summed E-state index contributed by atoms with van der Waals surface area (Å²) in [7, 11) is 0. The minimum atomic E-state index is -0.0244. The molecule has 0 aromatic rings. The van der Waals surface area contributed by atoms with E-state index >= 15 is 0 Å². The van der Waals surface area contributed by atoms with Crippen molar-refractivity contribution in [2.45, 2.75) is 52.1 Å². The van der Waals surface area contributed by atoms with E-state index in [9.17, 15) is 4.79 Å². The van der Waals surface area contributed by atoms with Gasteiger partial charge in [-0.2, -0.15) is 0 Å². The van der Waals surface area contributed by atoms with Gasteiger partial charge in [0.25, 0.3) is 0 Å². The molecule has 0 unspecified atom stereocenters. The van der Waals surface area contributed by atoms with Gasteiger partial charge in [-0.1, -0.05) is 27.7 Å². The molecule has 1 aliphatic heterocycles. The predicted molar refractivity (Wildman–Crippen MR) is 58.1 cm³/mol. The van der Waals surface area contributed by atoms with Crippen LogP contribution < -0.4 is 10.6 Å². The van der Waals surface area contributed by atoms with Crippen molar-refractivity contribution in [3.63, 3.8) is 0 Å². The highest BCUT2D eigenvalue weighted by Crippen LogP contribution is 2.20. The van der Waals surface area contributed by atoms with Crippen LogP contribution in [0.15, 0.2) is 0 Å². The van der Waals surface area contributed by atoms with Crippen molar-refractivity contribution in [1.82, 2.24) is 10.6 Å². The molecule has 1 atom stereocenters. The van der Waals surface area contributed by atoms with Gasteiger partial charge in [0.1, 0.15) is 0 Å². The van der Waals surface area contributed by atoms with Gasteiger partial charge in [0, 0.05) is 12.1 Å². The maximum atomic E-state index is 11.6. The average Bonchev–Trinajstić information content (AvgIpc) is 2.19. The number of carbonyl (C=O) groups is 1. The van der Waals surface area contributed by atoms with Gasteiger partial charge >= 0.3 is 0 Å². The Hall–Kier alpha value is -0.570. The first-order valence-corrected chi connectivity index (χ1v) is 5.60. The van der Waals surface area contributed by atoms with E-state index in [1.807, 2.05) is 0 Å². The van der Waals surface area contributed by atoms with Crippen molar-refractivity contribution in [2.75, 3.05) is 6.54 Å². The first kappa shape index (κ1) is 11.5. The van der Waals surface area contributed by atoms with Crippen LogP contribution in [0.3, 0.4) is 0 Å². The standard InChI is InChI=1S/C11H22N2O/c1-5-11(6-2)7-12-10(14)9(13-11)8(3)4/h8-9,13H,5-7H2,1-4H3,(H,12,14)/t9-/m0/s1. The normalized spacial score (nSPS) is 26.4. The van der Waals surface area contributed by atoms with Gasteiger partial charge in [-0.3, -0.25) is 10.1 Å². The monoisotopic (exact) mass is 198 g/mol. The molecule has 0 bridgehead atoms. The van der Waals surface area contributed by atoms with Gasteiger partial charge in [0.15, 0.2) is 0 Å². The second-order valence-corrected chi connectivity index (χ2v) is 4.57. The summed E-state index contributed by atoms with van der Waals surface area (Å²) in [6, 6.07) is -0.0244. The fraction of sp³-hybridized carbons (Fsp3) is 0.909. The molecule has 1 fully saturated rings. The third-order valence-electron chi connectivity index (χ3n) is 3.37. The lowest BCUT2D eigenvalue weighted by Crippen LogP contribution is -2.67. The Labute approximate surface area is 86.6 Å². The zero-order chi connectivity index (χ0) is 10.8. The molecule has 0 saturated carbocycles. The van der Waals surface area contributed by atoms with Gasteiger partial charge in [-0.15, -0.1) is 0 Å². The van der Waals surface area contributed by atoms with Crippen LogP contribution in [-0.4, -0.2) is 24.0 Å². The van der Waals surface area contributed by atoms with E-state index in [1.165, 1.54) is 0 Å². The molecule has 0 aromatic carbocycles. The number of amides is 1. The number of hydrogen-bond acceptors (Lipinski definition) is 2. The molecule has 0 aliphatic carbocycles. The summed E-state index contributed by atoms with van der Waals surface area (Å²) < 4.78 is 0. The van der Waals surface area contributed by atoms with Crippen LogP contribution >= 0.6 is 0 Å². The summed E-state index contributed by atoms with van der Waals surface area (Å²) in [6.07, 6.45) is 2.12. The van der Waals surface area contributed by atoms with E-state index in [-0.39, 0.29) is 17.5 Å². The fourth-order valence-corrected chi connectivity index (χ4v) is 1.99. The van der Waals surface area contributed by atoms with Crippen LogP contribution in [0.4, 0.5) is 0 Å². The minimum Gasteiger partial charge on any atom is -0.353 e. The minimum absolute atomic E-state index is 0.0244. The highest BCUT2D eigenvalue weighted by atomic mass is 16.2. The van der Waals surface area contributed by atoms with Crippen molar-refractivity contribution < 1.29 is 4.79 Å². The lowest BCUT2D eigenvalue weighted by atomic mass is 9.86. The average molecular weight is 198 g/mol. The Morgan fingerprint density at radius 3 is 2.43 bits per heavy atom. The Morgan fingerprint density at radius 1 is 1.43 bits per heavy atom. The molecule has 82 valence electrons. The topological polar surface area (TPSA) is 41.1 Å². The molecule has 1 saturated heterocycles. The number of rotatable bonds is 3. The zero-order valence-electron chi connectivity index (χ0n) is 9.68. The predicted octanol–water partition coefficient (Wildman–Crippen LogP) is 1.29. The van der Waals surface area contributed by atoms with E-state index in [0.717, 1.165) is 19.4 Å². The van der Waals surface area contributed by atoms with E-state index in [0.29, 0.717) is 5.92 Å². The summed E-state index contributed by atoms with van der Waals surface area (Å²) in [5.74, 6) is 0.505. The molecular formula is C11H22N2O. The summed E-state index contributed by atoms with van der Waals surface area (Å²) in [6.45, 7) is 9.27. The summed E-state index contributed by atoms with van der Waals surface area (Å²) in [5, 5.41) is 6.51. The second kappa shape index (κ2) is 4.30. The number of carbonyl (C=O) groups excluding carboxylic acids is 1. The molecule has 1 aliphatic rings. The fourth-order valence-electron chi connectivity index (χ4n) is 1.99. The van der Waals surface area contributed by atoms with Crippen LogP contribution in [0.5, 0.6) is 0 Å². The largest absolute Gasteiger partial charge is 0.353 e. The van der Waals surface area contributed by atoms with Gasteiger partial charge in [0.2, 0.25) is 5.91 Å². The smallest absolute Gasteiger partial charge is 0.237 e. The molecule has 3 nitrogen and oxygen atoms in total.